The molecule has 3 saturated heterocycles. The van der Waals surface area contributed by atoms with Crippen molar-refractivity contribution >= 4 is 29.9 Å². The summed E-state index contributed by atoms with van der Waals surface area (Å²) < 4.78 is 12.3. The first-order valence-corrected chi connectivity index (χ1v) is 11.8. The van der Waals surface area contributed by atoms with Gasteiger partial charge in [-0.15, -0.1) is 24.0 Å². The molecule has 2 aliphatic carbocycles. The van der Waals surface area contributed by atoms with Crippen molar-refractivity contribution in [3.8, 4) is 0 Å². The van der Waals surface area contributed by atoms with Crippen LogP contribution >= 0.6 is 24.0 Å². The lowest BCUT2D eigenvalue weighted by Crippen LogP contribution is -2.72. The quantitative estimate of drug-likeness (QED) is 0.365. The lowest BCUT2D eigenvalue weighted by atomic mass is 9.46. The van der Waals surface area contributed by atoms with Gasteiger partial charge in [0.1, 0.15) is 0 Å². The Labute approximate surface area is 202 Å². The van der Waals surface area contributed by atoms with Crippen molar-refractivity contribution in [1.29, 1.82) is 0 Å². The fourth-order valence-electron chi connectivity index (χ4n) is 6.84. The van der Waals surface area contributed by atoms with E-state index in [4.69, 9.17) is 14.5 Å². The molecule has 6 nitrogen and oxygen atoms in total. The second-order valence-electron chi connectivity index (χ2n) is 9.84. The highest BCUT2D eigenvalue weighted by molar-refractivity contribution is 14.0. The van der Waals surface area contributed by atoms with Gasteiger partial charge in [-0.1, -0.05) is 36.8 Å². The summed E-state index contributed by atoms with van der Waals surface area (Å²) in [6.07, 6.45) is 5.92. The number of morpholine rings is 1. The van der Waals surface area contributed by atoms with Crippen LogP contribution in [0.25, 0.3) is 0 Å². The van der Waals surface area contributed by atoms with Gasteiger partial charge in [0.2, 0.25) is 0 Å². The van der Waals surface area contributed by atoms with Gasteiger partial charge >= 0.3 is 0 Å². The van der Waals surface area contributed by atoms with Crippen molar-refractivity contribution in [1.82, 2.24) is 15.1 Å². The van der Waals surface area contributed by atoms with Gasteiger partial charge in [0.05, 0.1) is 24.9 Å². The Bertz CT molecular complexity index is 802. The molecule has 5 unspecified atom stereocenters. The van der Waals surface area contributed by atoms with E-state index in [1.54, 1.807) is 0 Å². The summed E-state index contributed by atoms with van der Waals surface area (Å²) in [4.78, 5) is 9.76. The van der Waals surface area contributed by atoms with Crippen molar-refractivity contribution in [2.45, 2.75) is 56.5 Å². The molecular weight excluding hydrogens is 503 g/mol. The number of halogens is 1. The van der Waals surface area contributed by atoms with Gasteiger partial charge in [0.15, 0.2) is 5.96 Å². The van der Waals surface area contributed by atoms with E-state index in [-0.39, 0.29) is 30.1 Å². The molecule has 170 valence electrons. The van der Waals surface area contributed by atoms with E-state index < -0.39 is 0 Å². The smallest absolute Gasteiger partial charge is 0.194 e. The first-order valence-electron chi connectivity index (χ1n) is 11.8. The van der Waals surface area contributed by atoms with E-state index in [1.807, 2.05) is 7.05 Å². The fraction of sp³-hybridized carbons (Fsp3) is 0.708. The zero-order valence-electron chi connectivity index (χ0n) is 18.4. The first kappa shape index (κ1) is 21.9. The predicted octanol–water partition coefficient (Wildman–Crippen LogP) is 2.72. The molecule has 0 radical (unpaired) electrons. The Morgan fingerprint density at radius 1 is 1.16 bits per heavy atom. The lowest BCUT2D eigenvalue weighted by molar-refractivity contribution is -0.171. The van der Waals surface area contributed by atoms with E-state index in [2.05, 4.69) is 45.4 Å². The zero-order valence-corrected chi connectivity index (χ0v) is 20.7. The van der Waals surface area contributed by atoms with Gasteiger partial charge in [-0.2, -0.15) is 0 Å². The Balaban J connectivity index is 0.00000204. The molecule has 5 atom stereocenters. The van der Waals surface area contributed by atoms with E-state index in [0.717, 1.165) is 45.4 Å². The summed E-state index contributed by atoms with van der Waals surface area (Å²) >= 11 is 0. The second-order valence-corrected chi connectivity index (χ2v) is 9.84. The number of fused-ring (bicyclic) bond motifs is 3. The molecule has 2 saturated carbocycles. The molecule has 1 aromatic rings. The molecule has 31 heavy (non-hydrogen) atoms. The van der Waals surface area contributed by atoms with Crippen molar-refractivity contribution in [2.75, 3.05) is 39.9 Å². The maximum atomic E-state index is 6.20. The van der Waals surface area contributed by atoms with Gasteiger partial charge < -0.3 is 19.7 Å². The van der Waals surface area contributed by atoms with Crippen molar-refractivity contribution in [2.24, 2.45) is 16.3 Å². The largest absolute Gasteiger partial charge is 0.377 e. The number of hydrogen-bond donors (Lipinski definition) is 1. The molecule has 0 aromatic heterocycles. The summed E-state index contributed by atoms with van der Waals surface area (Å²) in [5.74, 6) is 1.73. The van der Waals surface area contributed by atoms with E-state index in [0.29, 0.717) is 29.5 Å². The van der Waals surface area contributed by atoms with Gasteiger partial charge in [-0.25, -0.2) is 0 Å². The van der Waals surface area contributed by atoms with E-state index in [1.165, 1.54) is 31.2 Å². The Morgan fingerprint density at radius 3 is 2.74 bits per heavy atom. The van der Waals surface area contributed by atoms with Crippen molar-refractivity contribution in [3.63, 3.8) is 0 Å². The summed E-state index contributed by atoms with van der Waals surface area (Å²) in [6.45, 7) is 5.67. The van der Waals surface area contributed by atoms with Crippen LogP contribution in [0.3, 0.4) is 0 Å². The van der Waals surface area contributed by atoms with Crippen LogP contribution in [0.5, 0.6) is 0 Å². The van der Waals surface area contributed by atoms with Crippen molar-refractivity contribution in [3.05, 3.63) is 35.9 Å². The van der Waals surface area contributed by atoms with Crippen LogP contribution in [-0.2, 0) is 16.0 Å². The number of guanidine groups is 1. The normalized spacial score (nSPS) is 36.2. The number of ether oxygens (including phenoxy) is 2. The summed E-state index contributed by atoms with van der Waals surface area (Å²) in [7, 11) is 1.93. The number of likely N-dealkylation sites (tertiary alicyclic amines) is 1. The molecule has 0 amide bonds. The highest BCUT2D eigenvalue weighted by Gasteiger charge is 2.67. The van der Waals surface area contributed by atoms with Gasteiger partial charge in [-0.05, 0) is 24.8 Å². The van der Waals surface area contributed by atoms with Crippen molar-refractivity contribution < 1.29 is 9.47 Å². The number of rotatable bonds is 3. The first-order chi connectivity index (χ1) is 14.8. The van der Waals surface area contributed by atoms with Crippen LogP contribution in [0, 0.1) is 11.3 Å². The third-order valence-corrected chi connectivity index (χ3v) is 8.48. The molecule has 5 aliphatic rings. The molecule has 6 rings (SSSR count). The summed E-state index contributed by atoms with van der Waals surface area (Å²) in [5, 5.41) is 3.91. The summed E-state index contributed by atoms with van der Waals surface area (Å²) in [5.41, 5.74) is 1.76. The third-order valence-electron chi connectivity index (χ3n) is 8.48. The minimum atomic E-state index is 0. The fourth-order valence-corrected chi connectivity index (χ4v) is 6.84. The third kappa shape index (κ3) is 3.60. The average molecular weight is 538 g/mol. The van der Waals surface area contributed by atoms with Crippen LogP contribution in [0.2, 0.25) is 0 Å². The maximum Gasteiger partial charge on any atom is 0.194 e. The molecule has 0 bridgehead atoms. The predicted molar refractivity (Wildman–Crippen MR) is 132 cm³/mol. The molecule has 7 heteroatoms. The van der Waals surface area contributed by atoms with Crippen LogP contribution in [0.4, 0.5) is 0 Å². The SMILES string of the molecule is CN=C(NC1C2CCOC2C12CCC2)N1CC2OCCN(Cc3ccccc3)C2C1.I. The molecule has 5 fully saturated rings. The number of hydrogen-bond acceptors (Lipinski definition) is 4. The second kappa shape index (κ2) is 8.80. The van der Waals surface area contributed by atoms with Gasteiger partial charge in [0, 0.05) is 57.2 Å². The molecule has 1 aromatic carbocycles. The topological polar surface area (TPSA) is 49.3 Å². The number of benzene rings is 1. The van der Waals surface area contributed by atoms with Crippen LogP contribution in [0.1, 0.15) is 31.2 Å². The van der Waals surface area contributed by atoms with Gasteiger partial charge in [-0.3, -0.25) is 9.89 Å². The molecular formula is C24H35IN4O2. The minimum absolute atomic E-state index is 0. The van der Waals surface area contributed by atoms with E-state index >= 15 is 0 Å². The number of nitrogens with one attached hydrogen (secondary N) is 1. The molecule has 3 heterocycles. The van der Waals surface area contributed by atoms with Crippen LogP contribution < -0.4 is 5.32 Å². The monoisotopic (exact) mass is 538 g/mol. The Kier molecular flexibility index (Phi) is 6.22. The Morgan fingerprint density at radius 2 is 2.00 bits per heavy atom. The lowest BCUT2D eigenvalue weighted by Gasteiger charge is -2.63. The Hall–Kier alpha value is -0.900. The highest BCUT2D eigenvalue weighted by Crippen LogP contribution is 2.62. The minimum Gasteiger partial charge on any atom is -0.377 e. The number of nitrogens with zero attached hydrogens (tertiary/aromatic N) is 3. The molecule has 1 N–H and O–H groups in total. The van der Waals surface area contributed by atoms with Crippen LogP contribution in [-0.4, -0.2) is 79.9 Å². The van der Waals surface area contributed by atoms with Crippen LogP contribution in [0.15, 0.2) is 35.3 Å². The summed E-state index contributed by atoms with van der Waals surface area (Å²) in [6, 6.07) is 11.8. The average Bonchev–Trinajstić information content (AvgIpc) is 3.34. The van der Waals surface area contributed by atoms with E-state index in [9.17, 15) is 0 Å². The maximum absolute atomic E-state index is 6.20. The van der Waals surface area contributed by atoms with Gasteiger partial charge in [0.25, 0.3) is 0 Å². The zero-order chi connectivity index (χ0) is 20.1. The standard InChI is InChI=1S/C24H34N4O2.HI/c1-25-23(26-21-18-8-12-30-22(18)24(21)9-5-10-24)28-15-19-20(16-28)29-13-11-27(19)14-17-6-3-2-4-7-17;/h2-4,6-7,18-22H,5,8-16H2,1H3,(H,25,26);1H. The molecule has 1 spiro atoms. The number of aliphatic imine (C=N–C) groups is 1. The molecule has 3 aliphatic heterocycles. The highest BCUT2D eigenvalue weighted by atomic mass is 127.